The molecule has 1 saturated heterocycles. The predicted molar refractivity (Wildman–Crippen MR) is 82.1 cm³/mol. The smallest absolute Gasteiger partial charge is 0.313 e. The van der Waals surface area contributed by atoms with E-state index in [9.17, 15) is 9.59 Å². The summed E-state index contributed by atoms with van der Waals surface area (Å²) < 4.78 is 0. The summed E-state index contributed by atoms with van der Waals surface area (Å²) in [4.78, 5) is 26.2. The molecule has 1 atom stereocenters. The number of benzene rings is 1. The van der Waals surface area contributed by atoms with Crippen molar-refractivity contribution in [3.05, 3.63) is 47.8 Å². The van der Waals surface area contributed by atoms with E-state index >= 15 is 0 Å². The summed E-state index contributed by atoms with van der Waals surface area (Å²) in [5, 5.41) is 9.46. The van der Waals surface area contributed by atoms with E-state index in [4.69, 9.17) is 0 Å². The SMILES string of the molecule is Cc1ccc(NC(=O)C(=O)N2CCC[C@@H]2c2ccn[nH]2)cc1. The van der Waals surface area contributed by atoms with Crippen molar-refractivity contribution >= 4 is 17.5 Å². The van der Waals surface area contributed by atoms with Crippen LogP contribution in [0.5, 0.6) is 0 Å². The summed E-state index contributed by atoms with van der Waals surface area (Å²) in [5.74, 6) is -1.10. The number of hydrogen-bond acceptors (Lipinski definition) is 3. The molecule has 114 valence electrons. The number of aromatic amines is 1. The van der Waals surface area contributed by atoms with Gasteiger partial charge < -0.3 is 10.2 Å². The lowest BCUT2D eigenvalue weighted by molar-refractivity contribution is -0.143. The first-order valence-corrected chi connectivity index (χ1v) is 7.33. The number of carbonyl (C=O) groups excluding carboxylic acids is 2. The van der Waals surface area contributed by atoms with E-state index < -0.39 is 11.8 Å². The second kappa shape index (κ2) is 6.01. The monoisotopic (exact) mass is 298 g/mol. The molecule has 6 nitrogen and oxygen atoms in total. The molecule has 6 heteroatoms. The highest BCUT2D eigenvalue weighted by Gasteiger charge is 2.34. The summed E-state index contributed by atoms with van der Waals surface area (Å²) in [6.07, 6.45) is 3.38. The van der Waals surface area contributed by atoms with Crippen molar-refractivity contribution in [2.45, 2.75) is 25.8 Å². The van der Waals surface area contributed by atoms with Crippen molar-refractivity contribution in [3.8, 4) is 0 Å². The van der Waals surface area contributed by atoms with Crippen LogP contribution in [0, 0.1) is 6.92 Å². The van der Waals surface area contributed by atoms with Gasteiger partial charge >= 0.3 is 11.8 Å². The molecule has 2 aromatic rings. The van der Waals surface area contributed by atoms with Gasteiger partial charge in [0.1, 0.15) is 0 Å². The molecule has 0 aliphatic carbocycles. The number of aromatic nitrogens is 2. The topological polar surface area (TPSA) is 78.1 Å². The second-order valence-electron chi connectivity index (χ2n) is 5.49. The average molecular weight is 298 g/mol. The molecule has 2 heterocycles. The van der Waals surface area contributed by atoms with Gasteiger partial charge in [0.05, 0.1) is 11.7 Å². The van der Waals surface area contributed by atoms with Crippen molar-refractivity contribution in [2.24, 2.45) is 0 Å². The van der Waals surface area contributed by atoms with E-state index in [0.29, 0.717) is 12.2 Å². The van der Waals surface area contributed by atoms with Gasteiger partial charge in [-0.05, 0) is 38.0 Å². The van der Waals surface area contributed by atoms with Gasteiger partial charge in [-0.1, -0.05) is 17.7 Å². The molecular formula is C16H18N4O2. The predicted octanol–water partition coefficient (Wildman–Crippen LogP) is 2.02. The number of likely N-dealkylation sites (tertiary alicyclic amines) is 1. The van der Waals surface area contributed by atoms with Crippen molar-refractivity contribution in [2.75, 3.05) is 11.9 Å². The molecule has 0 spiro atoms. The molecule has 1 aliphatic rings. The highest BCUT2D eigenvalue weighted by molar-refractivity contribution is 6.39. The Morgan fingerprint density at radius 2 is 2.05 bits per heavy atom. The second-order valence-corrected chi connectivity index (χ2v) is 5.49. The zero-order valence-electron chi connectivity index (χ0n) is 12.4. The van der Waals surface area contributed by atoms with Gasteiger partial charge in [0.2, 0.25) is 0 Å². The number of nitrogens with zero attached hydrogens (tertiary/aromatic N) is 2. The fourth-order valence-corrected chi connectivity index (χ4v) is 2.74. The largest absolute Gasteiger partial charge is 0.326 e. The first kappa shape index (κ1) is 14.3. The van der Waals surface area contributed by atoms with Gasteiger partial charge in [-0.2, -0.15) is 5.10 Å². The number of amides is 2. The van der Waals surface area contributed by atoms with Crippen LogP contribution >= 0.6 is 0 Å². The molecule has 3 rings (SSSR count). The van der Waals surface area contributed by atoms with E-state index in [1.54, 1.807) is 23.2 Å². The first-order chi connectivity index (χ1) is 10.6. The molecular weight excluding hydrogens is 280 g/mol. The van der Waals surface area contributed by atoms with E-state index in [2.05, 4.69) is 15.5 Å². The van der Waals surface area contributed by atoms with E-state index in [0.717, 1.165) is 24.1 Å². The summed E-state index contributed by atoms with van der Waals surface area (Å²) in [5.41, 5.74) is 2.60. The van der Waals surface area contributed by atoms with E-state index in [1.165, 1.54) is 0 Å². The Bertz CT molecular complexity index is 664. The Morgan fingerprint density at radius 1 is 1.27 bits per heavy atom. The minimum absolute atomic E-state index is 0.0984. The Labute approximate surface area is 128 Å². The number of hydrogen-bond donors (Lipinski definition) is 2. The van der Waals surface area contributed by atoms with Gasteiger partial charge in [0.25, 0.3) is 0 Å². The third kappa shape index (κ3) is 2.86. The molecule has 1 aromatic heterocycles. The molecule has 1 aliphatic heterocycles. The lowest BCUT2D eigenvalue weighted by Gasteiger charge is -2.23. The number of H-pyrrole nitrogens is 1. The Kier molecular flexibility index (Phi) is 3.91. The van der Waals surface area contributed by atoms with Crippen LogP contribution in [0.15, 0.2) is 36.5 Å². The summed E-state index contributed by atoms with van der Waals surface area (Å²) >= 11 is 0. The molecule has 2 amide bonds. The summed E-state index contributed by atoms with van der Waals surface area (Å²) in [6.45, 7) is 2.56. The van der Waals surface area contributed by atoms with Crippen LogP contribution in [0.25, 0.3) is 0 Å². The third-order valence-corrected chi connectivity index (χ3v) is 3.90. The van der Waals surface area contributed by atoms with Gasteiger partial charge in [-0.25, -0.2) is 0 Å². The highest BCUT2D eigenvalue weighted by atomic mass is 16.2. The molecule has 1 aromatic carbocycles. The highest BCUT2D eigenvalue weighted by Crippen LogP contribution is 2.30. The lowest BCUT2D eigenvalue weighted by Crippen LogP contribution is -2.39. The van der Waals surface area contributed by atoms with Crippen LogP contribution < -0.4 is 5.32 Å². The van der Waals surface area contributed by atoms with Gasteiger partial charge in [-0.15, -0.1) is 0 Å². The van der Waals surface area contributed by atoms with Crippen molar-refractivity contribution in [1.29, 1.82) is 0 Å². The van der Waals surface area contributed by atoms with Crippen molar-refractivity contribution in [1.82, 2.24) is 15.1 Å². The molecule has 0 bridgehead atoms. The average Bonchev–Trinajstić information content (AvgIpc) is 3.19. The van der Waals surface area contributed by atoms with Gasteiger partial charge in [0, 0.05) is 18.4 Å². The van der Waals surface area contributed by atoms with Gasteiger partial charge in [0.15, 0.2) is 0 Å². The van der Waals surface area contributed by atoms with Crippen LogP contribution in [0.1, 0.15) is 30.1 Å². The number of nitrogens with one attached hydrogen (secondary N) is 2. The molecule has 0 unspecified atom stereocenters. The first-order valence-electron chi connectivity index (χ1n) is 7.33. The van der Waals surface area contributed by atoms with Gasteiger partial charge in [-0.3, -0.25) is 14.7 Å². The maximum Gasteiger partial charge on any atom is 0.313 e. The minimum Gasteiger partial charge on any atom is -0.326 e. The van der Waals surface area contributed by atoms with Crippen LogP contribution in [0.3, 0.4) is 0 Å². The molecule has 0 radical (unpaired) electrons. The van der Waals surface area contributed by atoms with Crippen LogP contribution in [-0.2, 0) is 9.59 Å². The Balaban J connectivity index is 1.70. The summed E-state index contributed by atoms with van der Waals surface area (Å²) in [6, 6.07) is 9.10. The number of anilines is 1. The maximum absolute atomic E-state index is 12.4. The van der Waals surface area contributed by atoms with Crippen molar-refractivity contribution < 1.29 is 9.59 Å². The quantitative estimate of drug-likeness (QED) is 0.833. The third-order valence-electron chi connectivity index (χ3n) is 3.90. The number of rotatable bonds is 2. The normalized spacial score (nSPS) is 17.5. The number of aryl methyl sites for hydroxylation is 1. The van der Waals surface area contributed by atoms with Crippen LogP contribution in [0.4, 0.5) is 5.69 Å². The zero-order chi connectivity index (χ0) is 15.5. The van der Waals surface area contributed by atoms with E-state index in [-0.39, 0.29) is 6.04 Å². The Morgan fingerprint density at radius 3 is 2.73 bits per heavy atom. The molecule has 2 N–H and O–H groups in total. The summed E-state index contributed by atoms with van der Waals surface area (Å²) in [7, 11) is 0. The minimum atomic E-state index is -0.602. The fourth-order valence-electron chi connectivity index (χ4n) is 2.74. The number of carbonyl (C=O) groups is 2. The molecule has 0 saturated carbocycles. The molecule has 22 heavy (non-hydrogen) atoms. The standard InChI is InChI=1S/C16H18N4O2/c1-11-4-6-12(7-5-11)18-15(21)16(22)20-10-2-3-14(20)13-8-9-17-19-13/h4-9,14H,2-3,10H2,1H3,(H,17,19)(H,18,21)/t14-/m1/s1. The van der Waals surface area contributed by atoms with Crippen LogP contribution in [0.2, 0.25) is 0 Å². The lowest BCUT2D eigenvalue weighted by atomic mass is 10.1. The molecule has 1 fully saturated rings. The maximum atomic E-state index is 12.4. The van der Waals surface area contributed by atoms with Crippen molar-refractivity contribution in [3.63, 3.8) is 0 Å². The van der Waals surface area contributed by atoms with E-state index in [1.807, 2.05) is 25.1 Å². The van der Waals surface area contributed by atoms with Crippen LogP contribution in [-0.4, -0.2) is 33.5 Å². The zero-order valence-corrected chi connectivity index (χ0v) is 12.4. The Hall–Kier alpha value is -2.63. The fraction of sp³-hybridized carbons (Fsp3) is 0.312.